The molecule has 1 N–H and O–H groups in total. The number of anilines is 1. The lowest BCUT2D eigenvalue weighted by Gasteiger charge is -2.18. The summed E-state index contributed by atoms with van der Waals surface area (Å²) in [5.41, 5.74) is 2.45. The molecule has 1 heterocycles. The first-order valence-corrected chi connectivity index (χ1v) is 9.11. The number of allylic oxidation sites excluding steroid dienone is 1. The second-order valence-corrected chi connectivity index (χ2v) is 6.52. The number of benzene rings is 2. The molecular formula is C22H24N2O3. The summed E-state index contributed by atoms with van der Waals surface area (Å²) in [5.74, 6) is 0.422. The topological polar surface area (TPSA) is 58.6 Å². The zero-order chi connectivity index (χ0) is 19.2. The maximum Gasteiger partial charge on any atom is 0.255 e. The van der Waals surface area contributed by atoms with Crippen molar-refractivity contribution in [1.82, 2.24) is 4.90 Å². The molecule has 27 heavy (non-hydrogen) atoms. The van der Waals surface area contributed by atoms with Crippen LogP contribution >= 0.6 is 0 Å². The van der Waals surface area contributed by atoms with Gasteiger partial charge < -0.3 is 15.0 Å². The van der Waals surface area contributed by atoms with E-state index < -0.39 is 0 Å². The lowest BCUT2D eigenvalue weighted by atomic mass is 10.1. The van der Waals surface area contributed by atoms with Gasteiger partial charge in [0.2, 0.25) is 0 Å². The largest absolute Gasteiger partial charge is 0.496 e. The van der Waals surface area contributed by atoms with Gasteiger partial charge in [0, 0.05) is 18.7 Å². The summed E-state index contributed by atoms with van der Waals surface area (Å²) < 4.78 is 5.33. The molecule has 1 fully saturated rings. The van der Waals surface area contributed by atoms with Crippen molar-refractivity contribution in [3.8, 4) is 5.75 Å². The Morgan fingerprint density at radius 2 is 1.93 bits per heavy atom. The summed E-state index contributed by atoms with van der Waals surface area (Å²) >= 11 is 0. The Hall–Kier alpha value is -3.08. The van der Waals surface area contributed by atoms with Gasteiger partial charge >= 0.3 is 0 Å². The highest BCUT2D eigenvalue weighted by Crippen LogP contribution is 2.23. The number of para-hydroxylation sites is 1. The van der Waals surface area contributed by atoms with Gasteiger partial charge in [-0.1, -0.05) is 18.2 Å². The van der Waals surface area contributed by atoms with Gasteiger partial charge in [-0.15, -0.1) is 6.58 Å². The number of nitrogens with one attached hydrogen (secondary N) is 1. The van der Waals surface area contributed by atoms with Gasteiger partial charge in [-0.05, 0) is 55.2 Å². The van der Waals surface area contributed by atoms with E-state index in [1.807, 2.05) is 17.0 Å². The van der Waals surface area contributed by atoms with E-state index in [0.717, 1.165) is 37.2 Å². The van der Waals surface area contributed by atoms with Gasteiger partial charge in [-0.3, -0.25) is 9.59 Å². The minimum atomic E-state index is -0.260. The van der Waals surface area contributed by atoms with Crippen molar-refractivity contribution < 1.29 is 14.3 Å². The van der Waals surface area contributed by atoms with E-state index in [-0.39, 0.29) is 11.8 Å². The highest BCUT2D eigenvalue weighted by Gasteiger charge is 2.22. The number of rotatable bonds is 6. The van der Waals surface area contributed by atoms with Crippen LogP contribution in [-0.2, 0) is 6.42 Å². The van der Waals surface area contributed by atoms with Crippen molar-refractivity contribution in [2.75, 3.05) is 25.5 Å². The molecule has 0 bridgehead atoms. The van der Waals surface area contributed by atoms with Crippen molar-refractivity contribution in [2.45, 2.75) is 19.3 Å². The standard InChI is InChI=1S/C22H24N2O3/c1-3-8-16-15-17(11-12-20(16)27-2)21(25)23-19-10-5-4-9-18(19)22(26)24-13-6-7-14-24/h3-5,9-12,15H,1,6-8,13-14H2,2H3,(H,23,25). The van der Waals surface area contributed by atoms with Gasteiger partial charge in [-0.25, -0.2) is 0 Å². The fraction of sp³-hybridized carbons (Fsp3) is 0.273. The third kappa shape index (κ3) is 4.19. The Kier molecular flexibility index (Phi) is 5.91. The van der Waals surface area contributed by atoms with Crippen molar-refractivity contribution in [3.05, 3.63) is 71.8 Å². The molecule has 2 aromatic rings. The van der Waals surface area contributed by atoms with E-state index in [9.17, 15) is 9.59 Å². The normalized spacial score (nSPS) is 13.3. The third-order valence-electron chi connectivity index (χ3n) is 4.71. The Balaban J connectivity index is 1.83. The van der Waals surface area contributed by atoms with Crippen molar-refractivity contribution in [3.63, 3.8) is 0 Å². The number of carbonyl (C=O) groups excluding carboxylic acids is 2. The van der Waals surface area contributed by atoms with Gasteiger partial charge in [-0.2, -0.15) is 0 Å². The molecule has 0 aliphatic carbocycles. The van der Waals surface area contributed by atoms with Crippen LogP contribution in [0.1, 0.15) is 39.1 Å². The average molecular weight is 364 g/mol. The van der Waals surface area contributed by atoms with Gasteiger partial charge in [0.1, 0.15) is 5.75 Å². The number of ether oxygens (including phenoxy) is 1. The number of amides is 2. The zero-order valence-electron chi connectivity index (χ0n) is 15.5. The van der Waals surface area contributed by atoms with Gasteiger partial charge in [0.25, 0.3) is 11.8 Å². The molecular weight excluding hydrogens is 340 g/mol. The predicted octanol–water partition coefficient (Wildman–Crippen LogP) is 3.91. The number of likely N-dealkylation sites (tertiary alicyclic amines) is 1. The van der Waals surface area contributed by atoms with Crippen LogP contribution in [0.25, 0.3) is 0 Å². The highest BCUT2D eigenvalue weighted by molar-refractivity contribution is 6.09. The molecule has 1 aliphatic rings. The third-order valence-corrected chi connectivity index (χ3v) is 4.71. The predicted molar refractivity (Wildman–Crippen MR) is 106 cm³/mol. The number of hydrogen-bond acceptors (Lipinski definition) is 3. The van der Waals surface area contributed by atoms with E-state index in [0.29, 0.717) is 23.2 Å². The monoisotopic (exact) mass is 364 g/mol. The van der Waals surface area contributed by atoms with Crippen LogP contribution in [0, 0.1) is 0 Å². The molecule has 0 atom stereocenters. The Morgan fingerprint density at radius 1 is 1.19 bits per heavy atom. The van der Waals surface area contributed by atoms with E-state index in [1.54, 1.807) is 43.5 Å². The van der Waals surface area contributed by atoms with Crippen LogP contribution in [0.4, 0.5) is 5.69 Å². The maximum absolute atomic E-state index is 12.8. The summed E-state index contributed by atoms with van der Waals surface area (Å²) in [6.45, 7) is 5.28. The molecule has 2 aromatic carbocycles. The second kappa shape index (κ2) is 8.54. The summed E-state index contributed by atoms with van der Waals surface area (Å²) in [6, 6.07) is 12.4. The molecule has 0 unspecified atom stereocenters. The molecule has 5 heteroatoms. The molecule has 0 spiro atoms. The van der Waals surface area contributed by atoms with Crippen LogP contribution in [-0.4, -0.2) is 36.9 Å². The first-order chi connectivity index (χ1) is 13.1. The highest BCUT2D eigenvalue weighted by atomic mass is 16.5. The molecule has 140 valence electrons. The number of nitrogens with zero attached hydrogens (tertiary/aromatic N) is 1. The van der Waals surface area contributed by atoms with E-state index >= 15 is 0 Å². The van der Waals surface area contributed by atoms with Crippen LogP contribution < -0.4 is 10.1 Å². The van der Waals surface area contributed by atoms with Crippen molar-refractivity contribution >= 4 is 17.5 Å². The fourth-order valence-corrected chi connectivity index (χ4v) is 3.30. The van der Waals surface area contributed by atoms with Crippen LogP contribution in [0.15, 0.2) is 55.1 Å². The van der Waals surface area contributed by atoms with E-state index in [4.69, 9.17) is 4.74 Å². The number of methoxy groups -OCH3 is 1. The molecule has 3 rings (SSSR count). The minimum absolute atomic E-state index is 0.0366. The maximum atomic E-state index is 12.8. The minimum Gasteiger partial charge on any atom is -0.496 e. The summed E-state index contributed by atoms with van der Waals surface area (Å²) in [6.07, 6.45) is 4.42. The Bertz CT molecular complexity index is 854. The molecule has 1 aliphatic heterocycles. The van der Waals surface area contributed by atoms with Crippen LogP contribution in [0.3, 0.4) is 0 Å². The van der Waals surface area contributed by atoms with E-state index in [2.05, 4.69) is 11.9 Å². The smallest absolute Gasteiger partial charge is 0.255 e. The fourth-order valence-electron chi connectivity index (χ4n) is 3.30. The Labute approximate surface area is 159 Å². The van der Waals surface area contributed by atoms with Crippen LogP contribution in [0.2, 0.25) is 0 Å². The van der Waals surface area contributed by atoms with Crippen LogP contribution in [0.5, 0.6) is 5.75 Å². The van der Waals surface area contributed by atoms with Crippen molar-refractivity contribution in [2.24, 2.45) is 0 Å². The summed E-state index contributed by atoms with van der Waals surface area (Å²) in [4.78, 5) is 27.4. The number of hydrogen-bond donors (Lipinski definition) is 1. The zero-order valence-corrected chi connectivity index (χ0v) is 15.5. The molecule has 2 amide bonds. The van der Waals surface area contributed by atoms with Crippen molar-refractivity contribution in [1.29, 1.82) is 0 Å². The molecule has 0 radical (unpaired) electrons. The summed E-state index contributed by atoms with van der Waals surface area (Å²) in [5, 5.41) is 2.88. The molecule has 5 nitrogen and oxygen atoms in total. The average Bonchev–Trinajstić information content (AvgIpc) is 3.23. The quantitative estimate of drug-likeness (QED) is 0.791. The SMILES string of the molecule is C=CCc1cc(C(=O)Nc2ccccc2C(=O)N2CCCC2)ccc1OC. The first-order valence-electron chi connectivity index (χ1n) is 9.11. The van der Waals surface area contributed by atoms with Gasteiger partial charge in [0.15, 0.2) is 0 Å². The first kappa shape index (κ1) is 18.7. The summed E-state index contributed by atoms with van der Waals surface area (Å²) in [7, 11) is 1.60. The Morgan fingerprint density at radius 3 is 2.63 bits per heavy atom. The lowest BCUT2D eigenvalue weighted by molar-refractivity contribution is 0.0794. The lowest BCUT2D eigenvalue weighted by Crippen LogP contribution is -2.28. The number of carbonyl (C=O) groups is 2. The van der Waals surface area contributed by atoms with E-state index in [1.165, 1.54) is 0 Å². The van der Waals surface area contributed by atoms with Gasteiger partial charge in [0.05, 0.1) is 18.4 Å². The molecule has 0 saturated carbocycles. The molecule has 0 aromatic heterocycles. The second-order valence-electron chi connectivity index (χ2n) is 6.52. The molecule has 1 saturated heterocycles.